The van der Waals surface area contributed by atoms with Gasteiger partial charge in [-0.3, -0.25) is 0 Å². The van der Waals surface area contributed by atoms with E-state index in [1.165, 1.54) is 0 Å². The number of hydrogen-bond acceptors (Lipinski definition) is 3. The zero-order valence-corrected chi connectivity index (χ0v) is 6.64. The first-order valence-electron chi connectivity index (χ1n) is 3.49. The summed E-state index contributed by atoms with van der Waals surface area (Å²) >= 11 is 0. The first-order valence-corrected chi connectivity index (χ1v) is 3.49. The van der Waals surface area contributed by atoms with Crippen molar-refractivity contribution in [3.63, 3.8) is 0 Å². The molecule has 0 bridgehead atoms. The van der Waals surface area contributed by atoms with Crippen LogP contribution < -0.4 is 5.32 Å². The Kier molecular flexibility index (Phi) is 4.71. The lowest BCUT2D eigenvalue weighted by Crippen LogP contribution is -2.43. The number of carbonyl (C=O) groups is 1. The van der Waals surface area contributed by atoms with Gasteiger partial charge in [-0.25, -0.2) is 4.79 Å². The van der Waals surface area contributed by atoms with E-state index in [1.54, 1.807) is 0 Å². The standard InChI is InChI=1S/C4H9NO.C2HF3O2/c6-3-4-1-5-2-4;3-2(4,5)1(6)7/h4-6H,1-3H2;(H,6,7). The van der Waals surface area contributed by atoms with Crippen molar-refractivity contribution in [3.8, 4) is 0 Å². The van der Waals surface area contributed by atoms with E-state index in [0.717, 1.165) is 13.1 Å². The number of alkyl halides is 3. The van der Waals surface area contributed by atoms with Gasteiger partial charge >= 0.3 is 12.1 Å². The van der Waals surface area contributed by atoms with Gasteiger partial charge in [0.1, 0.15) is 0 Å². The summed E-state index contributed by atoms with van der Waals surface area (Å²) in [6, 6.07) is 0. The fraction of sp³-hybridized carbons (Fsp3) is 0.833. The van der Waals surface area contributed by atoms with E-state index < -0.39 is 12.1 Å². The second kappa shape index (κ2) is 5.03. The Morgan fingerprint density at radius 2 is 1.85 bits per heavy atom. The monoisotopic (exact) mass is 201 g/mol. The summed E-state index contributed by atoms with van der Waals surface area (Å²) in [4.78, 5) is 8.90. The molecular weight excluding hydrogens is 191 g/mol. The molecule has 0 aromatic rings. The lowest BCUT2D eigenvalue weighted by molar-refractivity contribution is -0.192. The molecule has 3 N–H and O–H groups in total. The van der Waals surface area contributed by atoms with Crippen molar-refractivity contribution >= 4 is 5.97 Å². The van der Waals surface area contributed by atoms with E-state index in [2.05, 4.69) is 5.32 Å². The zero-order chi connectivity index (χ0) is 10.5. The molecular formula is C6H10F3NO3. The van der Waals surface area contributed by atoms with Crippen molar-refractivity contribution in [1.82, 2.24) is 5.32 Å². The molecule has 0 spiro atoms. The number of carboxylic acids is 1. The number of aliphatic carboxylic acids is 1. The Bertz CT molecular complexity index is 164. The maximum atomic E-state index is 10.6. The zero-order valence-electron chi connectivity index (χ0n) is 6.64. The topological polar surface area (TPSA) is 69.6 Å². The highest BCUT2D eigenvalue weighted by Gasteiger charge is 2.38. The predicted molar refractivity (Wildman–Crippen MR) is 37.1 cm³/mol. The average molecular weight is 201 g/mol. The SMILES string of the molecule is O=C(O)C(F)(F)F.OCC1CNC1. The Morgan fingerprint density at radius 3 is 1.85 bits per heavy atom. The van der Waals surface area contributed by atoms with Crippen LogP contribution in [0.1, 0.15) is 0 Å². The van der Waals surface area contributed by atoms with Crippen molar-refractivity contribution in [1.29, 1.82) is 0 Å². The molecule has 1 aliphatic heterocycles. The minimum atomic E-state index is -5.08. The molecule has 13 heavy (non-hydrogen) atoms. The number of nitrogens with one attached hydrogen (secondary N) is 1. The number of carboxylic acid groups (broad SMARTS) is 1. The van der Waals surface area contributed by atoms with Gasteiger partial charge in [-0.2, -0.15) is 13.2 Å². The highest BCUT2D eigenvalue weighted by atomic mass is 19.4. The van der Waals surface area contributed by atoms with Crippen molar-refractivity contribution in [2.75, 3.05) is 19.7 Å². The Hall–Kier alpha value is -0.820. The van der Waals surface area contributed by atoms with Crippen LogP contribution in [0.3, 0.4) is 0 Å². The van der Waals surface area contributed by atoms with Gasteiger partial charge in [-0.15, -0.1) is 0 Å². The number of hydrogen-bond donors (Lipinski definition) is 3. The highest BCUT2D eigenvalue weighted by Crippen LogP contribution is 2.13. The van der Waals surface area contributed by atoms with Crippen LogP contribution in [0, 0.1) is 5.92 Å². The highest BCUT2D eigenvalue weighted by molar-refractivity contribution is 5.73. The van der Waals surface area contributed by atoms with Gasteiger partial charge in [0.05, 0.1) is 0 Å². The van der Waals surface area contributed by atoms with Crippen LogP contribution in [0.25, 0.3) is 0 Å². The number of aliphatic hydroxyl groups is 1. The molecule has 0 atom stereocenters. The number of rotatable bonds is 1. The van der Waals surface area contributed by atoms with Crippen molar-refractivity contribution in [2.24, 2.45) is 5.92 Å². The summed E-state index contributed by atoms with van der Waals surface area (Å²) in [5.74, 6) is -2.20. The molecule has 7 heteroatoms. The Labute approximate surface area is 72.4 Å². The second-order valence-electron chi connectivity index (χ2n) is 2.51. The van der Waals surface area contributed by atoms with Crippen LogP contribution in [0.2, 0.25) is 0 Å². The van der Waals surface area contributed by atoms with Gasteiger partial charge in [-0.1, -0.05) is 0 Å². The third-order valence-corrected chi connectivity index (χ3v) is 1.37. The number of halogens is 3. The van der Waals surface area contributed by atoms with Crippen LogP contribution in [-0.2, 0) is 4.79 Å². The third-order valence-electron chi connectivity index (χ3n) is 1.37. The minimum absolute atomic E-state index is 0.354. The van der Waals surface area contributed by atoms with E-state index in [-0.39, 0.29) is 0 Å². The molecule has 78 valence electrons. The summed E-state index contributed by atoms with van der Waals surface area (Å²) in [5.41, 5.74) is 0. The van der Waals surface area contributed by atoms with E-state index >= 15 is 0 Å². The molecule has 1 heterocycles. The third kappa shape index (κ3) is 5.42. The summed E-state index contributed by atoms with van der Waals surface area (Å²) in [5, 5.41) is 18.5. The van der Waals surface area contributed by atoms with Gasteiger partial charge in [0.25, 0.3) is 0 Å². The summed E-state index contributed by atoms with van der Waals surface area (Å²) in [6.45, 7) is 2.38. The Morgan fingerprint density at radius 1 is 1.46 bits per heavy atom. The van der Waals surface area contributed by atoms with Gasteiger partial charge in [0.2, 0.25) is 0 Å². The van der Waals surface area contributed by atoms with Gasteiger partial charge in [-0.05, 0) is 0 Å². The fourth-order valence-electron chi connectivity index (χ4n) is 0.478. The fourth-order valence-corrected chi connectivity index (χ4v) is 0.478. The average Bonchev–Trinajstić information content (AvgIpc) is 1.83. The number of aliphatic hydroxyl groups excluding tert-OH is 1. The predicted octanol–water partition coefficient (Wildman–Crippen LogP) is -0.169. The molecule has 0 amide bonds. The minimum Gasteiger partial charge on any atom is -0.475 e. The van der Waals surface area contributed by atoms with E-state index in [1.807, 2.05) is 0 Å². The molecule has 0 aliphatic carbocycles. The van der Waals surface area contributed by atoms with E-state index in [0.29, 0.717) is 12.5 Å². The van der Waals surface area contributed by atoms with Crippen molar-refractivity contribution < 1.29 is 28.2 Å². The van der Waals surface area contributed by atoms with Crippen LogP contribution in [0.15, 0.2) is 0 Å². The molecule has 0 unspecified atom stereocenters. The van der Waals surface area contributed by atoms with Crippen molar-refractivity contribution in [3.05, 3.63) is 0 Å². The smallest absolute Gasteiger partial charge is 0.475 e. The quantitative estimate of drug-likeness (QED) is 0.551. The van der Waals surface area contributed by atoms with E-state index in [4.69, 9.17) is 15.0 Å². The molecule has 1 aliphatic rings. The molecule has 4 nitrogen and oxygen atoms in total. The van der Waals surface area contributed by atoms with Gasteiger partial charge in [0.15, 0.2) is 0 Å². The first-order chi connectivity index (χ1) is 5.88. The maximum Gasteiger partial charge on any atom is 0.490 e. The first kappa shape index (κ1) is 12.2. The summed E-state index contributed by atoms with van der Waals surface area (Å²) < 4.78 is 31.7. The van der Waals surface area contributed by atoms with E-state index in [9.17, 15) is 13.2 Å². The summed E-state index contributed by atoms with van der Waals surface area (Å²) in [7, 11) is 0. The van der Waals surface area contributed by atoms with Crippen molar-refractivity contribution in [2.45, 2.75) is 6.18 Å². The molecule has 0 aromatic carbocycles. The normalized spacial score (nSPS) is 16.9. The van der Waals surface area contributed by atoms with Crippen LogP contribution in [0.5, 0.6) is 0 Å². The Balaban J connectivity index is 0.000000223. The summed E-state index contributed by atoms with van der Waals surface area (Å²) in [6.07, 6.45) is -5.08. The molecule has 0 saturated carbocycles. The molecule has 1 saturated heterocycles. The molecule has 0 aromatic heterocycles. The second-order valence-corrected chi connectivity index (χ2v) is 2.51. The lowest BCUT2D eigenvalue weighted by atomic mass is 10.1. The van der Waals surface area contributed by atoms with Crippen LogP contribution in [0.4, 0.5) is 13.2 Å². The molecule has 1 fully saturated rings. The molecule has 0 radical (unpaired) electrons. The van der Waals surface area contributed by atoms with Crippen LogP contribution >= 0.6 is 0 Å². The van der Waals surface area contributed by atoms with Gasteiger partial charge in [0, 0.05) is 25.6 Å². The van der Waals surface area contributed by atoms with Gasteiger partial charge < -0.3 is 15.5 Å². The largest absolute Gasteiger partial charge is 0.490 e. The molecule has 1 rings (SSSR count). The lowest BCUT2D eigenvalue weighted by Gasteiger charge is -2.24. The van der Waals surface area contributed by atoms with Crippen LogP contribution in [-0.4, -0.2) is 42.1 Å². The maximum absolute atomic E-state index is 10.6.